The van der Waals surface area contributed by atoms with E-state index in [1.807, 2.05) is 13.8 Å². The number of nitrogens with zero attached hydrogens (tertiary/aromatic N) is 1. The van der Waals surface area contributed by atoms with Crippen molar-refractivity contribution in [3.8, 4) is 0 Å². The normalized spacial score (nSPS) is 23.7. The molecule has 1 heterocycles. The Morgan fingerprint density at radius 2 is 2.08 bits per heavy atom. The summed E-state index contributed by atoms with van der Waals surface area (Å²) in [6.07, 6.45) is 0.717. The van der Waals surface area contributed by atoms with Crippen LogP contribution in [-0.4, -0.2) is 29.9 Å². The molecule has 68 valence electrons. The minimum Gasteiger partial charge on any atom is -0.326 e. The summed E-state index contributed by atoms with van der Waals surface area (Å²) in [5, 5.41) is 2.62. The van der Waals surface area contributed by atoms with Gasteiger partial charge in [0, 0.05) is 7.05 Å². The van der Waals surface area contributed by atoms with Crippen LogP contribution in [0.2, 0.25) is 0 Å². The maximum Gasteiger partial charge on any atom is 0.324 e. The topological polar surface area (TPSA) is 49.4 Å². The number of hydrogen-bond acceptors (Lipinski definition) is 2. The number of carbonyl (C=O) groups excluding carboxylic acids is 2. The molecule has 0 aromatic carbocycles. The van der Waals surface area contributed by atoms with Gasteiger partial charge in [-0.15, -0.1) is 0 Å². The fraction of sp³-hybridized carbons (Fsp3) is 0.750. The quantitative estimate of drug-likeness (QED) is 0.616. The standard InChI is InChI=1S/C8H14N2O2/c1-5(2)4-6-7(11)10(3)8(12)9-6/h5-6H,4H2,1-3H3,(H,9,12)/t6-/m0/s1. The van der Waals surface area contributed by atoms with Crippen LogP contribution in [0.25, 0.3) is 0 Å². The van der Waals surface area contributed by atoms with E-state index >= 15 is 0 Å². The van der Waals surface area contributed by atoms with E-state index in [1.54, 1.807) is 0 Å². The first-order valence-electron chi connectivity index (χ1n) is 4.10. The Labute approximate surface area is 71.9 Å². The van der Waals surface area contributed by atoms with E-state index < -0.39 is 0 Å². The zero-order valence-electron chi connectivity index (χ0n) is 7.63. The fourth-order valence-electron chi connectivity index (χ4n) is 1.27. The van der Waals surface area contributed by atoms with Gasteiger partial charge in [0.15, 0.2) is 0 Å². The predicted octanol–water partition coefficient (Wildman–Crippen LogP) is 0.583. The predicted molar refractivity (Wildman–Crippen MR) is 44.5 cm³/mol. The Morgan fingerprint density at radius 3 is 2.42 bits per heavy atom. The van der Waals surface area contributed by atoms with Crippen LogP contribution >= 0.6 is 0 Å². The van der Waals surface area contributed by atoms with E-state index in [2.05, 4.69) is 5.32 Å². The summed E-state index contributed by atoms with van der Waals surface area (Å²) in [4.78, 5) is 23.4. The Hall–Kier alpha value is -1.06. The summed E-state index contributed by atoms with van der Waals surface area (Å²) >= 11 is 0. The molecule has 12 heavy (non-hydrogen) atoms. The summed E-state index contributed by atoms with van der Waals surface area (Å²) in [6, 6.07) is -0.590. The first-order chi connectivity index (χ1) is 5.52. The summed E-state index contributed by atoms with van der Waals surface area (Å²) < 4.78 is 0. The third-order valence-electron chi connectivity index (χ3n) is 1.94. The van der Waals surface area contributed by atoms with Gasteiger partial charge >= 0.3 is 6.03 Å². The highest BCUT2D eigenvalue weighted by Crippen LogP contribution is 2.12. The molecule has 1 rings (SSSR count). The molecule has 0 aromatic heterocycles. The number of imide groups is 1. The lowest BCUT2D eigenvalue weighted by Gasteiger charge is -2.09. The molecule has 1 saturated heterocycles. The molecule has 0 bridgehead atoms. The van der Waals surface area contributed by atoms with E-state index in [0.29, 0.717) is 5.92 Å². The van der Waals surface area contributed by atoms with Crippen molar-refractivity contribution in [3.63, 3.8) is 0 Å². The Kier molecular flexibility index (Phi) is 2.35. The van der Waals surface area contributed by atoms with Crippen molar-refractivity contribution in [1.29, 1.82) is 0 Å². The molecule has 0 aliphatic carbocycles. The summed E-state index contributed by atoms with van der Waals surface area (Å²) in [6.45, 7) is 4.05. The van der Waals surface area contributed by atoms with Crippen molar-refractivity contribution in [3.05, 3.63) is 0 Å². The summed E-state index contributed by atoms with van der Waals surface area (Å²) in [5.41, 5.74) is 0. The van der Waals surface area contributed by atoms with Crippen LogP contribution in [0.15, 0.2) is 0 Å². The van der Waals surface area contributed by atoms with Gasteiger partial charge in [0.05, 0.1) is 0 Å². The van der Waals surface area contributed by atoms with Crippen LogP contribution in [0, 0.1) is 5.92 Å². The maximum atomic E-state index is 11.3. The highest BCUT2D eigenvalue weighted by atomic mass is 16.2. The molecular formula is C8H14N2O2. The number of carbonyl (C=O) groups is 2. The molecule has 0 radical (unpaired) electrons. The molecule has 0 unspecified atom stereocenters. The van der Waals surface area contributed by atoms with Crippen LogP contribution < -0.4 is 5.32 Å². The van der Waals surface area contributed by atoms with Gasteiger partial charge in [-0.2, -0.15) is 0 Å². The average molecular weight is 170 g/mol. The smallest absolute Gasteiger partial charge is 0.324 e. The fourth-order valence-corrected chi connectivity index (χ4v) is 1.27. The van der Waals surface area contributed by atoms with Crippen molar-refractivity contribution in [2.45, 2.75) is 26.3 Å². The van der Waals surface area contributed by atoms with E-state index in [4.69, 9.17) is 0 Å². The van der Waals surface area contributed by atoms with Crippen LogP contribution in [0.4, 0.5) is 4.79 Å². The SMILES string of the molecule is CC(C)C[C@@H]1NC(=O)N(C)C1=O. The third-order valence-corrected chi connectivity index (χ3v) is 1.94. The molecule has 1 atom stereocenters. The second-order valence-electron chi connectivity index (χ2n) is 3.53. The first-order valence-corrected chi connectivity index (χ1v) is 4.10. The average Bonchev–Trinajstić information content (AvgIpc) is 2.17. The summed E-state index contributed by atoms with van der Waals surface area (Å²) in [7, 11) is 1.50. The van der Waals surface area contributed by atoms with Crippen molar-refractivity contribution in [1.82, 2.24) is 10.2 Å². The molecule has 0 aromatic rings. The molecule has 4 nitrogen and oxygen atoms in total. The van der Waals surface area contributed by atoms with Crippen LogP contribution in [-0.2, 0) is 4.79 Å². The number of urea groups is 1. The van der Waals surface area contributed by atoms with Gasteiger partial charge in [-0.25, -0.2) is 4.79 Å². The minimum atomic E-state index is -0.303. The number of rotatable bonds is 2. The molecule has 1 fully saturated rings. The molecule has 4 heteroatoms. The van der Waals surface area contributed by atoms with Gasteiger partial charge in [-0.05, 0) is 12.3 Å². The van der Waals surface area contributed by atoms with Gasteiger partial charge in [-0.1, -0.05) is 13.8 Å². The van der Waals surface area contributed by atoms with E-state index in [1.165, 1.54) is 7.05 Å². The third kappa shape index (κ3) is 1.57. The van der Waals surface area contributed by atoms with Crippen LogP contribution in [0.3, 0.4) is 0 Å². The van der Waals surface area contributed by atoms with Gasteiger partial charge in [0.25, 0.3) is 5.91 Å². The molecule has 0 saturated carbocycles. The molecule has 1 aliphatic rings. The highest BCUT2D eigenvalue weighted by Gasteiger charge is 2.35. The number of hydrogen-bond donors (Lipinski definition) is 1. The zero-order chi connectivity index (χ0) is 9.30. The lowest BCUT2D eigenvalue weighted by molar-refractivity contribution is -0.126. The largest absolute Gasteiger partial charge is 0.326 e. The maximum absolute atomic E-state index is 11.3. The van der Waals surface area contributed by atoms with Gasteiger partial charge < -0.3 is 5.32 Å². The van der Waals surface area contributed by atoms with E-state index in [-0.39, 0.29) is 18.0 Å². The minimum absolute atomic E-state index is 0.117. The molecule has 0 spiro atoms. The van der Waals surface area contributed by atoms with Crippen molar-refractivity contribution in [2.24, 2.45) is 5.92 Å². The molecule has 1 N–H and O–H groups in total. The van der Waals surface area contributed by atoms with Gasteiger partial charge in [0.2, 0.25) is 0 Å². The lowest BCUT2D eigenvalue weighted by Crippen LogP contribution is -2.30. The van der Waals surface area contributed by atoms with E-state index in [0.717, 1.165) is 11.3 Å². The molecule has 3 amide bonds. The second-order valence-corrected chi connectivity index (χ2v) is 3.53. The molecule has 1 aliphatic heterocycles. The molecular weight excluding hydrogens is 156 g/mol. The number of likely N-dealkylation sites (N-methyl/N-ethyl adjacent to an activating group) is 1. The van der Waals surface area contributed by atoms with Gasteiger partial charge in [-0.3, -0.25) is 9.69 Å². The number of nitrogens with one attached hydrogen (secondary N) is 1. The Morgan fingerprint density at radius 1 is 1.50 bits per heavy atom. The van der Waals surface area contributed by atoms with Crippen molar-refractivity contribution < 1.29 is 9.59 Å². The highest BCUT2D eigenvalue weighted by molar-refractivity contribution is 6.03. The van der Waals surface area contributed by atoms with E-state index in [9.17, 15) is 9.59 Å². The first kappa shape index (κ1) is 9.03. The second kappa shape index (κ2) is 3.13. The Balaban J connectivity index is 2.59. The van der Waals surface area contributed by atoms with Crippen molar-refractivity contribution >= 4 is 11.9 Å². The summed E-state index contributed by atoms with van der Waals surface area (Å²) in [5.74, 6) is 0.305. The van der Waals surface area contributed by atoms with Crippen molar-refractivity contribution in [2.75, 3.05) is 7.05 Å². The van der Waals surface area contributed by atoms with Crippen LogP contribution in [0.1, 0.15) is 20.3 Å². The number of amides is 3. The zero-order valence-corrected chi connectivity index (χ0v) is 7.63. The monoisotopic (exact) mass is 170 g/mol. The van der Waals surface area contributed by atoms with Gasteiger partial charge in [0.1, 0.15) is 6.04 Å². The van der Waals surface area contributed by atoms with Crippen LogP contribution in [0.5, 0.6) is 0 Å². The Bertz CT molecular complexity index is 213. The lowest BCUT2D eigenvalue weighted by atomic mass is 10.0.